The lowest BCUT2D eigenvalue weighted by Crippen LogP contribution is -1.96. The Labute approximate surface area is 172 Å². The molecule has 0 aliphatic rings. The molecule has 29 heavy (non-hydrogen) atoms. The molecule has 0 atom stereocenters. The highest BCUT2D eigenvalue weighted by atomic mass is 16.5. The molecule has 0 saturated heterocycles. The van der Waals surface area contributed by atoms with Gasteiger partial charge in [-0.1, -0.05) is 56.5 Å². The van der Waals surface area contributed by atoms with Gasteiger partial charge in [0, 0.05) is 35.1 Å². The van der Waals surface area contributed by atoms with E-state index in [1.165, 1.54) is 41.1 Å². The summed E-state index contributed by atoms with van der Waals surface area (Å²) >= 11 is 0. The lowest BCUT2D eigenvalue weighted by Gasteiger charge is -2.05. The number of aromatic nitrogens is 1. The molecule has 0 saturated carbocycles. The number of ether oxygens (including phenoxy) is 1. The van der Waals surface area contributed by atoms with E-state index in [1.54, 1.807) is 0 Å². The van der Waals surface area contributed by atoms with Gasteiger partial charge < -0.3 is 9.30 Å². The summed E-state index contributed by atoms with van der Waals surface area (Å²) in [6, 6.07) is 23.1. The second-order valence-electron chi connectivity index (χ2n) is 7.51. The summed E-state index contributed by atoms with van der Waals surface area (Å²) < 4.78 is 8.05. The van der Waals surface area contributed by atoms with E-state index in [4.69, 9.17) is 4.74 Å². The van der Waals surface area contributed by atoms with Crippen LogP contribution in [0.5, 0.6) is 5.75 Å². The SMILES string of the molecule is CCCCCCOc1ccc(N=Cc2ccc3c4ccccc4n(C)c3c2)cc1. The van der Waals surface area contributed by atoms with Gasteiger partial charge in [0.05, 0.1) is 12.3 Å². The van der Waals surface area contributed by atoms with Crippen molar-refractivity contribution in [3.8, 4) is 5.75 Å². The van der Waals surface area contributed by atoms with Crippen LogP contribution in [0.1, 0.15) is 38.2 Å². The van der Waals surface area contributed by atoms with Gasteiger partial charge in [-0.3, -0.25) is 4.99 Å². The summed E-state index contributed by atoms with van der Waals surface area (Å²) in [5.74, 6) is 0.914. The molecule has 0 bridgehead atoms. The number of aryl methyl sites for hydroxylation is 1. The first kappa shape index (κ1) is 19.3. The van der Waals surface area contributed by atoms with E-state index in [-0.39, 0.29) is 0 Å². The van der Waals surface area contributed by atoms with E-state index in [1.807, 2.05) is 30.5 Å². The molecule has 0 aliphatic heterocycles. The van der Waals surface area contributed by atoms with Gasteiger partial charge in [0.15, 0.2) is 0 Å². The average molecular weight is 385 g/mol. The third-order valence-corrected chi connectivity index (χ3v) is 5.40. The van der Waals surface area contributed by atoms with E-state index >= 15 is 0 Å². The van der Waals surface area contributed by atoms with Gasteiger partial charge in [-0.2, -0.15) is 0 Å². The highest BCUT2D eigenvalue weighted by Gasteiger charge is 2.07. The van der Waals surface area contributed by atoms with Crippen molar-refractivity contribution >= 4 is 33.7 Å². The van der Waals surface area contributed by atoms with Gasteiger partial charge in [0.1, 0.15) is 5.75 Å². The number of benzene rings is 3. The Morgan fingerprint density at radius 1 is 0.862 bits per heavy atom. The molecule has 3 heteroatoms. The summed E-state index contributed by atoms with van der Waals surface area (Å²) in [5, 5.41) is 2.57. The van der Waals surface area contributed by atoms with Crippen LogP contribution in [0.2, 0.25) is 0 Å². The lowest BCUT2D eigenvalue weighted by molar-refractivity contribution is 0.305. The Morgan fingerprint density at radius 2 is 1.66 bits per heavy atom. The Morgan fingerprint density at radius 3 is 2.48 bits per heavy atom. The topological polar surface area (TPSA) is 26.5 Å². The van der Waals surface area contributed by atoms with E-state index in [9.17, 15) is 0 Å². The molecule has 4 aromatic rings. The van der Waals surface area contributed by atoms with Gasteiger partial charge in [0.25, 0.3) is 0 Å². The molecule has 0 radical (unpaired) electrons. The van der Waals surface area contributed by atoms with Crippen LogP contribution in [0.3, 0.4) is 0 Å². The number of unbranched alkanes of at least 4 members (excludes halogenated alkanes) is 3. The average Bonchev–Trinajstić information content (AvgIpc) is 3.05. The monoisotopic (exact) mass is 384 g/mol. The smallest absolute Gasteiger partial charge is 0.119 e. The molecule has 0 fully saturated rings. The van der Waals surface area contributed by atoms with Gasteiger partial charge >= 0.3 is 0 Å². The fourth-order valence-corrected chi connectivity index (χ4v) is 3.75. The third-order valence-electron chi connectivity index (χ3n) is 5.40. The van der Waals surface area contributed by atoms with Crippen LogP contribution in [0.25, 0.3) is 21.8 Å². The van der Waals surface area contributed by atoms with Crippen molar-refractivity contribution in [1.29, 1.82) is 0 Å². The number of rotatable bonds is 8. The fourth-order valence-electron chi connectivity index (χ4n) is 3.75. The van der Waals surface area contributed by atoms with Gasteiger partial charge in [-0.15, -0.1) is 0 Å². The molecule has 3 nitrogen and oxygen atoms in total. The summed E-state index contributed by atoms with van der Waals surface area (Å²) in [6.45, 7) is 3.01. The first-order valence-electron chi connectivity index (χ1n) is 10.5. The molecule has 3 aromatic carbocycles. The van der Waals surface area contributed by atoms with Gasteiger partial charge in [0.2, 0.25) is 0 Å². The zero-order valence-electron chi connectivity index (χ0n) is 17.3. The molecule has 1 heterocycles. The highest BCUT2D eigenvalue weighted by Crippen LogP contribution is 2.28. The molecule has 148 valence electrons. The van der Waals surface area contributed by atoms with E-state index in [2.05, 4.69) is 66.0 Å². The molecule has 1 aromatic heterocycles. The highest BCUT2D eigenvalue weighted by molar-refractivity contribution is 6.09. The van der Waals surface area contributed by atoms with E-state index in [0.29, 0.717) is 0 Å². The van der Waals surface area contributed by atoms with Crippen LogP contribution in [-0.4, -0.2) is 17.4 Å². The van der Waals surface area contributed by atoms with Crippen LogP contribution in [0, 0.1) is 0 Å². The number of aliphatic imine (C=N–C) groups is 1. The zero-order chi connectivity index (χ0) is 20.1. The number of para-hydroxylation sites is 1. The number of hydrogen-bond acceptors (Lipinski definition) is 2. The van der Waals surface area contributed by atoms with Crippen molar-refractivity contribution in [2.45, 2.75) is 32.6 Å². The minimum atomic E-state index is 0.785. The fraction of sp³-hybridized carbons (Fsp3) is 0.269. The lowest BCUT2D eigenvalue weighted by atomic mass is 10.1. The minimum absolute atomic E-state index is 0.785. The van der Waals surface area contributed by atoms with Crippen molar-refractivity contribution in [2.24, 2.45) is 12.0 Å². The maximum atomic E-state index is 5.81. The Hall–Kier alpha value is -3.07. The van der Waals surface area contributed by atoms with Crippen molar-refractivity contribution < 1.29 is 4.74 Å². The molecule has 0 spiro atoms. The van der Waals surface area contributed by atoms with E-state index in [0.717, 1.165) is 30.0 Å². The third kappa shape index (κ3) is 4.34. The zero-order valence-corrected chi connectivity index (χ0v) is 17.3. The summed E-state index contributed by atoms with van der Waals surface area (Å²) in [6.07, 6.45) is 6.81. The largest absolute Gasteiger partial charge is 0.494 e. The maximum Gasteiger partial charge on any atom is 0.119 e. The molecular formula is C26H28N2O. The minimum Gasteiger partial charge on any atom is -0.494 e. The maximum absolute atomic E-state index is 5.81. The molecule has 0 aliphatic carbocycles. The second-order valence-corrected chi connectivity index (χ2v) is 7.51. The molecule has 4 rings (SSSR count). The standard InChI is InChI=1S/C26H28N2O/c1-3-4-5-8-17-29-22-14-12-21(13-15-22)27-19-20-11-16-24-23-9-6-7-10-25(23)28(2)26(24)18-20/h6-7,9-16,18-19H,3-5,8,17H2,1-2H3. The second kappa shape index (κ2) is 8.95. The van der Waals surface area contributed by atoms with Crippen LogP contribution < -0.4 is 4.74 Å². The first-order chi connectivity index (χ1) is 14.3. The molecule has 0 unspecified atom stereocenters. The van der Waals surface area contributed by atoms with E-state index < -0.39 is 0 Å². The summed E-state index contributed by atoms with van der Waals surface area (Å²) in [5.41, 5.74) is 4.50. The number of nitrogens with zero attached hydrogens (tertiary/aromatic N) is 2. The van der Waals surface area contributed by atoms with Gasteiger partial charge in [-0.05, 0) is 48.4 Å². The molecule has 0 N–H and O–H groups in total. The van der Waals surface area contributed by atoms with Crippen LogP contribution >= 0.6 is 0 Å². The van der Waals surface area contributed by atoms with Crippen LogP contribution in [0.4, 0.5) is 5.69 Å². The van der Waals surface area contributed by atoms with Crippen molar-refractivity contribution in [1.82, 2.24) is 4.57 Å². The van der Waals surface area contributed by atoms with Crippen LogP contribution in [0.15, 0.2) is 71.7 Å². The summed E-state index contributed by atoms with van der Waals surface area (Å²) in [7, 11) is 2.12. The van der Waals surface area contributed by atoms with Crippen LogP contribution in [-0.2, 0) is 7.05 Å². The Balaban J connectivity index is 1.45. The van der Waals surface area contributed by atoms with Crippen molar-refractivity contribution in [3.63, 3.8) is 0 Å². The normalized spacial score (nSPS) is 11.7. The summed E-state index contributed by atoms with van der Waals surface area (Å²) in [4.78, 5) is 4.64. The van der Waals surface area contributed by atoms with Crippen molar-refractivity contribution in [2.75, 3.05) is 6.61 Å². The predicted octanol–water partition coefficient (Wildman–Crippen LogP) is 7.04. The Bertz CT molecular complexity index is 1120. The molecular weight excluding hydrogens is 356 g/mol. The van der Waals surface area contributed by atoms with Crippen molar-refractivity contribution in [3.05, 3.63) is 72.3 Å². The van der Waals surface area contributed by atoms with Gasteiger partial charge in [-0.25, -0.2) is 0 Å². The number of hydrogen-bond donors (Lipinski definition) is 0. The first-order valence-corrected chi connectivity index (χ1v) is 10.5. The molecule has 0 amide bonds. The number of fused-ring (bicyclic) bond motifs is 3. The quantitative estimate of drug-likeness (QED) is 0.236. The predicted molar refractivity (Wildman–Crippen MR) is 124 cm³/mol. The Kier molecular flexibility index (Phi) is 5.95.